The monoisotopic (exact) mass is 483 g/mol. The summed E-state index contributed by atoms with van der Waals surface area (Å²) in [7, 11) is -2.26. The van der Waals surface area contributed by atoms with Gasteiger partial charge in [-0.1, -0.05) is 12.1 Å². The van der Waals surface area contributed by atoms with Crippen LogP contribution in [0, 0.1) is 0 Å². The molecule has 8 heteroatoms. The Morgan fingerprint density at radius 2 is 1.64 bits per heavy atom. The van der Waals surface area contributed by atoms with Gasteiger partial charge in [-0.3, -0.25) is 4.79 Å². The number of fused-ring (bicyclic) bond motifs is 1. The lowest BCUT2D eigenvalue weighted by Crippen LogP contribution is -2.23. The molecule has 1 amide bonds. The van der Waals surface area contributed by atoms with Crippen molar-refractivity contribution in [1.82, 2.24) is 0 Å². The minimum Gasteiger partial charge on any atom is -0.497 e. The normalized spacial score (nSPS) is 18.6. The Morgan fingerprint density at radius 1 is 0.970 bits per heavy atom. The highest BCUT2D eigenvalue weighted by molar-refractivity contribution is 7.91. The molecule has 1 aliphatic carbocycles. The standard InChI is InChI=1S/C25H25NO5S2/c1-30-17-10-12-20(13-11-17)33(28,29)22-15-32-25-21(14-23(27)26-24(22)25)16-6-8-19(9-7-16)31-18-4-2-3-5-18/h6-13,15,18,21H,2-5,14H2,1H3,(H,26,27)/t21-/m1/s1. The Bertz CT molecular complexity index is 1260. The number of sulfone groups is 1. The molecule has 33 heavy (non-hydrogen) atoms. The molecule has 6 nitrogen and oxygen atoms in total. The van der Waals surface area contributed by atoms with E-state index in [1.54, 1.807) is 17.5 Å². The van der Waals surface area contributed by atoms with Crippen molar-refractivity contribution in [1.29, 1.82) is 0 Å². The quantitative estimate of drug-likeness (QED) is 0.509. The number of hydrogen-bond acceptors (Lipinski definition) is 6. The van der Waals surface area contributed by atoms with E-state index >= 15 is 0 Å². The van der Waals surface area contributed by atoms with Crippen LogP contribution in [0.4, 0.5) is 5.69 Å². The summed E-state index contributed by atoms with van der Waals surface area (Å²) in [4.78, 5) is 13.7. The molecule has 2 aromatic carbocycles. The number of benzene rings is 2. The van der Waals surface area contributed by atoms with Crippen LogP contribution in [0.3, 0.4) is 0 Å². The topological polar surface area (TPSA) is 81.7 Å². The van der Waals surface area contributed by atoms with E-state index in [2.05, 4.69) is 5.32 Å². The van der Waals surface area contributed by atoms with E-state index < -0.39 is 9.84 Å². The Kier molecular flexibility index (Phi) is 5.88. The first kappa shape index (κ1) is 22.0. The number of rotatable bonds is 6. The summed E-state index contributed by atoms with van der Waals surface area (Å²) in [6.45, 7) is 0. The highest BCUT2D eigenvalue weighted by Crippen LogP contribution is 2.46. The first-order valence-corrected chi connectivity index (χ1v) is 13.4. The molecule has 5 rings (SSSR count). The summed E-state index contributed by atoms with van der Waals surface area (Å²) in [6, 6.07) is 14.1. The van der Waals surface area contributed by atoms with Crippen molar-refractivity contribution in [3.63, 3.8) is 0 Å². The number of hydrogen-bond donors (Lipinski definition) is 1. The first-order valence-electron chi connectivity index (χ1n) is 11.0. The summed E-state index contributed by atoms with van der Waals surface area (Å²) in [5.41, 5.74) is 1.36. The van der Waals surface area contributed by atoms with Gasteiger partial charge in [0, 0.05) is 22.6 Å². The molecule has 1 fully saturated rings. The van der Waals surface area contributed by atoms with Crippen LogP contribution in [0.25, 0.3) is 0 Å². The summed E-state index contributed by atoms with van der Waals surface area (Å²) in [6.07, 6.45) is 5.17. The second kappa shape index (κ2) is 8.83. The highest BCUT2D eigenvalue weighted by Gasteiger charge is 2.34. The maximum Gasteiger partial charge on any atom is 0.225 e. The minimum atomic E-state index is -3.79. The van der Waals surface area contributed by atoms with Crippen molar-refractivity contribution >= 4 is 32.8 Å². The van der Waals surface area contributed by atoms with Gasteiger partial charge >= 0.3 is 0 Å². The van der Waals surface area contributed by atoms with E-state index in [-0.39, 0.29) is 34.1 Å². The van der Waals surface area contributed by atoms with Crippen molar-refractivity contribution in [2.24, 2.45) is 0 Å². The van der Waals surface area contributed by atoms with Gasteiger partial charge in [0.25, 0.3) is 0 Å². The number of amides is 1. The lowest BCUT2D eigenvalue weighted by molar-refractivity contribution is -0.116. The van der Waals surface area contributed by atoms with Crippen LogP contribution in [0.5, 0.6) is 11.5 Å². The van der Waals surface area contributed by atoms with Gasteiger partial charge in [-0.2, -0.15) is 0 Å². The molecular formula is C25H25NO5S2. The van der Waals surface area contributed by atoms with Crippen LogP contribution >= 0.6 is 11.3 Å². The Labute approximate surface area is 197 Å². The van der Waals surface area contributed by atoms with Gasteiger partial charge in [0.1, 0.15) is 16.4 Å². The zero-order valence-electron chi connectivity index (χ0n) is 18.2. The second-order valence-corrected chi connectivity index (χ2v) is 11.2. The van der Waals surface area contributed by atoms with Crippen molar-refractivity contribution in [2.75, 3.05) is 12.4 Å². The van der Waals surface area contributed by atoms with Crippen molar-refractivity contribution in [3.8, 4) is 11.5 Å². The first-order chi connectivity index (χ1) is 16.0. The van der Waals surface area contributed by atoms with E-state index in [0.29, 0.717) is 11.4 Å². The fraction of sp³-hybridized carbons (Fsp3) is 0.320. The van der Waals surface area contributed by atoms with Gasteiger partial charge in [-0.25, -0.2) is 8.42 Å². The fourth-order valence-electron chi connectivity index (χ4n) is 4.53. The van der Waals surface area contributed by atoms with Crippen LogP contribution in [0.1, 0.15) is 48.5 Å². The molecule has 1 N–H and O–H groups in total. The molecule has 1 aliphatic heterocycles. The average molecular weight is 484 g/mol. The number of anilines is 1. The Morgan fingerprint density at radius 3 is 2.30 bits per heavy atom. The summed E-state index contributed by atoms with van der Waals surface area (Å²) in [5, 5.41) is 4.43. The van der Waals surface area contributed by atoms with E-state index in [9.17, 15) is 13.2 Å². The molecule has 0 bridgehead atoms. The number of thiophene rings is 1. The zero-order valence-corrected chi connectivity index (χ0v) is 19.9. The van der Waals surface area contributed by atoms with Gasteiger partial charge in [-0.15, -0.1) is 11.3 Å². The molecule has 3 aromatic rings. The second-order valence-electron chi connectivity index (χ2n) is 8.42. The lowest BCUT2D eigenvalue weighted by Gasteiger charge is -2.24. The predicted molar refractivity (Wildman–Crippen MR) is 127 cm³/mol. The van der Waals surface area contributed by atoms with Crippen molar-refractivity contribution in [3.05, 3.63) is 64.4 Å². The third kappa shape index (κ3) is 4.25. The maximum absolute atomic E-state index is 13.3. The number of nitrogens with one attached hydrogen (secondary N) is 1. The Hall–Kier alpha value is -2.84. The highest BCUT2D eigenvalue weighted by atomic mass is 32.2. The fourth-order valence-corrected chi connectivity index (χ4v) is 7.44. The molecule has 2 heterocycles. The molecule has 1 saturated carbocycles. The molecule has 0 saturated heterocycles. The molecule has 1 aromatic heterocycles. The van der Waals surface area contributed by atoms with Crippen molar-refractivity contribution in [2.45, 2.75) is 53.9 Å². The third-order valence-electron chi connectivity index (χ3n) is 6.30. The van der Waals surface area contributed by atoms with E-state index in [0.717, 1.165) is 29.0 Å². The SMILES string of the molecule is COc1ccc(S(=O)(=O)c2csc3c2NC(=O)C[C@@H]3c2ccc(OC3CCCC3)cc2)cc1. The van der Waals surface area contributed by atoms with Gasteiger partial charge in [0.05, 0.1) is 23.8 Å². The zero-order chi connectivity index (χ0) is 23.0. The van der Waals surface area contributed by atoms with E-state index in [1.165, 1.54) is 43.4 Å². The van der Waals surface area contributed by atoms with E-state index in [4.69, 9.17) is 9.47 Å². The number of methoxy groups -OCH3 is 1. The van der Waals surface area contributed by atoms with Gasteiger partial charge in [0.2, 0.25) is 15.7 Å². The maximum atomic E-state index is 13.3. The van der Waals surface area contributed by atoms with E-state index in [1.807, 2.05) is 24.3 Å². The van der Waals surface area contributed by atoms with Crippen LogP contribution in [0.15, 0.2) is 63.7 Å². The molecule has 0 radical (unpaired) electrons. The molecule has 0 unspecified atom stereocenters. The molecule has 2 aliphatic rings. The van der Waals surface area contributed by atoms with Gasteiger partial charge in [-0.05, 0) is 67.6 Å². The smallest absolute Gasteiger partial charge is 0.225 e. The number of carbonyl (C=O) groups is 1. The number of carbonyl (C=O) groups excluding carboxylic acids is 1. The van der Waals surface area contributed by atoms with Gasteiger partial charge < -0.3 is 14.8 Å². The molecule has 1 atom stereocenters. The predicted octanol–water partition coefficient (Wildman–Crippen LogP) is 5.39. The van der Waals surface area contributed by atoms with Crippen LogP contribution in [-0.4, -0.2) is 27.5 Å². The Balaban J connectivity index is 1.45. The third-order valence-corrected chi connectivity index (χ3v) is 9.34. The summed E-state index contributed by atoms with van der Waals surface area (Å²) < 4.78 is 37.8. The minimum absolute atomic E-state index is 0.131. The average Bonchev–Trinajstić information content (AvgIpc) is 3.49. The lowest BCUT2D eigenvalue weighted by atomic mass is 9.90. The van der Waals surface area contributed by atoms with Crippen molar-refractivity contribution < 1.29 is 22.7 Å². The molecule has 0 spiro atoms. The van der Waals surface area contributed by atoms with Crippen LogP contribution in [-0.2, 0) is 14.6 Å². The van der Waals surface area contributed by atoms with Crippen LogP contribution < -0.4 is 14.8 Å². The summed E-state index contributed by atoms with van der Waals surface area (Å²) >= 11 is 1.37. The van der Waals surface area contributed by atoms with Gasteiger partial charge in [0.15, 0.2) is 0 Å². The molecule has 172 valence electrons. The number of ether oxygens (including phenoxy) is 2. The van der Waals surface area contributed by atoms with Crippen LogP contribution in [0.2, 0.25) is 0 Å². The molecular weight excluding hydrogens is 458 g/mol. The largest absolute Gasteiger partial charge is 0.497 e. The summed E-state index contributed by atoms with van der Waals surface area (Å²) in [5.74, 6) is 1.03.